The van der Waals surface area contributed by atoms with E-state index in [1.807, 2.05) is 0 Å². The molecule has 3 rings (SSSR count). The van der Waals surface area contributed by atoms with Crippen LogP contribution in [0, 0.1) is 5.82 Å². The van der Waals surface area contributed by atoms with Gasteiger partial charge in [0.1, 0.15) is 0 Å². The van der Waals surface area contributed by atoms with Crippen molar-refractivity contribution < 1.29 is 8.81 Å². The molecule has 0 aliphatic rings. The Morgan fingerprint density at radius 3 is 2.70 bits per heavy atom. The molecule has 20 heavy (non-hydrogen) atoms. The van der Waals surface area contributed by atoms with Crippen molar-refractivity contribution in [1.29, 1.82) is 0 Å². The predicted molar refractivity (Wildman–Crippen MR) is 79.1 cm³/mol. The van der Waals surface area contributed by atoms with Crippen LogP contribution in [-0.4, -0.2) is 0 Å². The van der Waals surface area contributed by atoms with Crippen LogP contribution in [0.1, 0.15) is 12.5 Å². The molecule has 0 saturated carbocycles. The Kier molecular flexibility index (Phi) is 2.61. The second kappa shape index (κ2) is 4.20. The van der Waals surface area contributed by atoms with E-state index in [9.17, 15) is 9.18 Å². The maximum absolute atomic E-state index is 13.8. The van der Waals surface area contributed by atoms with Crippen LogP contribution in [0.4, 0.5) is 10.1 Å². The van der Waals surface area contributed by atoms with Crippen molar-refractivity contribution in [3.8, 4) is 0 Å². The Bertz CT molecular complexity index is 925. The highest BCUT2D eigenvalue weighted by molar-refractivity contribution is 6.09. The first-order chi connectivity index (χ1) is 9.50. The number of halogens is 1. The lowest BCUT2D eigenvalue weighted by molar-refractivity contribution is 0.530. The quantitative estimate of drug-likeness (QED) is 0.416. The van der Waals surface area contributed by atoms with E-state index in [2.05, 4.69) is 6.58 Å². The minimum atomic E-state index is -0.608. The predicted octanol–water partition coefficient (Wildman–Crippen LogP) is 3.70. The second-order valence-electron chi connectivity index (χ2n) is 4.74. The van der Waals surface area contributed by atoms with Crippen LogP contribution in [0.15, 0.2) is 46.1 Å². The van der Waals surface area contributed by atoms with E-state index < -0.39 is 11.4 Å². The fourth-order valence-electron chi connectivity index (χ4n) is 2.48. The van der Waals surface area contributed by atoms with E-state index >= 15 is 0 Å². The topological polar surface area (TPSA) is 56.2 Å². The maximum atomic E-state index is 13.8. The Morgan fingerprint density at radius 2 is 2.00 bits per heavy atom. The van der Waals surface area contributed by atoms with E-state index in [1.54, 1.807) is 31.2 Å². The summed E-state index contributed by atoms with van der Waals surface area (Å²) in [6.07, 6.45) is 0. The molecule has 0 spiro atoms. The van der Waals surface area contributed by atoms with Gasteiger partial charge in [0.2, 0.25) is 0 Å². The number of rotatable bonds is 1. The molecule has 0 amide bonds. The fourth-order valence-corrected chi connectivity index (χ4v) is 2.48. The molecule has 100 valence electrons. The molecular formula is C16H12FNO2. The number of nitrogens with two attached hydrogens (primary N) is 1. The number of para-hydroxylation sites is 1. The Morgan fingerprint density at radius 1 is 1.25 bits per heavy atom. The van der Waals surface area contributed by atoms with E-state index in [0.29, 0.717) is 33.0 Å². The summed E-state index contributed by atoms with van der Waals surface area (Å²) in [6.45, 7) is 5.60. The van der Waals surface area contributed by atoms with Gasteiger partial charge in [-0.25, -0.2) is 9.18 Å². The SMILES string of the molecule is C=C(C)c1c(N)ccc2c1c(=O)oc1c(F)cccc12. The van der Waals surface area contributed by atoms with Gasteiger partial charge < -0.3 is 10.2 Å². The zero-order valence-electron chi connectivity index (χ0n) is 10.9. The third-order valence-electron chi connectivity index (χ3n) is 3.32. The molecule has 2 N–H and O–H groups in total. The Labute approximate surface area is 114 Å². The molecule has 3 aromatic rings. The van der Waals surface area contributed by atoms with Gasteiger partial charge >= 0.3 is 5.63 Å². The number of anilines is 1. The average Bonchev–Trinajstić information content (AvgIpc) is 2.40. The van der Waals surface area contributed by atoms with Crippen molar-refractivity contribution in [2.45, 2.75) is 6.92 Å². The number of hydrogen-bond donors (Lipinski definition) is 1. The summed E-state index contributed by atoms with van der Waals surface area (Å²) in [6, 6.07) is 7.94. The second-order valence-corrected chi connectivity index (χ2v) is 4.74. The highest BCUT2D eigenvalue weighted by Crippen LogP contribution is 2.32. The van der Waals surface area contributed by atoms with Gasteiger partial charge in [-0.15, -0.1) is 0 Å². The molecule has 1 heterocycles. The van der Waals surface area contributed by atoms with E-state index in [-0.39, 0.29) is 5.58 Å². The first kappa shape index (κ1) is 12.4. The van der Waals surface area contributed by atoms with Crippen LogP contribution in [-0.2, 0) is 0 Å². The maximum Gasteiger partial charge on any atom is 0.344 e. The largest absolute Gasteiger partial charge is 0.419 e. The molecule has 0 unspecified atom stereocenters. The van der Waals surface area contributed by atoms with Gasteiger partial charge in [-0.05, 0) is 24.6 Å². The van der Waals surface area contributed by atoms with Gasteiger partial charge in [0, 0.05) is 22.0 Å². The lowest BCUT2D eigenvalue weighted by Crippen LogP contribution is -2.06. The van der Waals surface area contributed by atoms with Crippen LogP contribution < -0.4 is 11.4 Å². The monoisotopic (exact) mass is 269 g/mol. The molecule has 0 bridgehead atoms. The summed E-state index contributed by atoms with van der Waals surface area (Å²) >= 11 is 0. The standard InChI is InChI=1S/C16H12FNO2/c1-8(2)13-12(18)7-6-9-10-4-3-5-11(17)15(10)20-16(19)14(9)13/h3-7H,1,18H2,2H3. The fraction of sp³-hybridized carbons (Fsp3) is 0.0625. The first-order valence-corrected chi connectivity index (χ1v) is 6.10. The molecule has 0 atom stereocenters. The van der Waals surface area contributed by atoms with Crippen molar-refractivity contribution in [3.05, 3.63) is 58.7 Å². The summed E-state index contributed by atoms with van der Waals surface area (Å²) in [4.78, 5) is 12.2. The van der Waals surface area contributed by atoms with E-state index in [0.717, 1.165) is 0 Å². The molecule has 0 aliphatic heterocycles. The van der Waals surface area contributed by atoms with Gasteiger partial charge in [-0.1, -0.05) is 24.8 Å². The van der Waals surface area contributed by atoms with Crippen molar-refractivity contribution in [3.63, 3.8) is 0 Å². The highest BCUT2D eigenvalue weighted by Gasteiger charge is 2.15. The summed E-state index contributed by atoms with van der Waals surface area (Å²) in [7, 11) is 0. The molecular weight excluding hydrogens is 257 g/mol. The number of hydrogen-bond acceptors (Lipinski definition) is 3. The molecule has 0 aliphatic carbocycles. The number of fused-ring (bicyclic) bond motifs is 3. The third kappa shape index (κ3) is 1.61. The molecule has 0 radical (unpaired) electrons. The summed E-state index contributed by atoms with van der Waals surface area (Å²) in [5.74, 6) is -0.560. The van der Waals surface area contributed by atoms with Crippen LogP contribution in [0.3, 0.4) is 0 Å². The molecule has 0 saturated heterocycles. The average molecular weight is 269 g/mol. The first-order valence-electron chi connectivity index (χ1n) is 6.10. The van der Waals surface area contributed by atoms with Gasteiger partial charge in [0.25, 0.3) is 0 Å². The summed E-state index contributed by atoms with van der Waals surface area (Å²) < 4.78 is 18.9. The molecule has 3 nitrogen and oxygen atoms in total. The van der Waals surface area contributed by atoms with E-state index in [1.165, 1.54) is 6.07 Å². The minimum absolute atomic E-state index is 0.0394. The van der Waals surface area contributed by atoms with Crippen LogP contribution in [0.25, 0.3) is 27.3 Å². The normalized spacial score (nSPS) is 11.1. The van der Waals surface area contributed by atoms with Crippen LogP contribution in [0.5, 0.6) is 0 Å². The smallest absolute Gasteiger partial charge is 0.344 e. The van der Waals surface area contributed by atoms with Crippen LogP contribution in [0.2, 0.25) is 0 Å². The minimum Gasteiger partial charge on any atom is -0.419 e. The van der Waals surface area contributed by atoms with Crippen molar-refractivity contribution in [2.24, 2.45) is 0 Å². The summed E-state index contributed by atoms with van der Waals surface area (Å²) in [5.41, 5.74) is 6.94. The van der Waals surface area contributed by atoms with Crippen molar-refractivity contribution in [1.82, 2.24) is 0 Å². The molecule has 4 heteroatoms. The summed E-state index contributed by atoms with van der Waals surface area (Å²) in [5, 5.41) is 1.50. The van der Waals surface area contributed by atoms with Gasteiger partial charge in [-0.2, -0.15) is 0 Å². The number of allylic oxidation sites excluding steroid dienone is 1. The number of benzene rings is 2. The van der Waals surface area contributed by atoms with Gasteiger partial charge in [0.15, 0.2) is 11.4 Å². The lowest BCUT2D eigenvalue weighted by atomic mass is 9.97. The van der Waals surface area contributed by atoms with Crippen molar-refractivity contribution in [2.75, 3.05) is 5.73 Å². The van der Waals surface area contributed by atoms with Gasteiger partial charge in [0.05, 0.1) is 5.39 Å². The highest BCUT2D eigenvalue weighted by atomic mass is 19.1. The third-order valence-corrected chi connectivity index (χ3v) is 3.32. The zero-order valence-corrected chi connectivity index (χ0v) is 10.9. The lowest BCUT2D eigenvalue weighted by Gasteiger charge is -2.10. The zero-order chi connectivity index (χ0) is 14.4. The number of nitrogen functional groups attached to an aromatic ring is 1. The Hall–Kier alpha value is -2.62. The van der Waals surface area contributed by atoms with Gasteiger partial charge in [-0.3, -0.25) is 0 Å². The molecule has 0 fully saturated rings. The Balaban J connectivity index is 2.67. The van der Waals surface area contributed by atoms with Crippen molar-refractivity contribution >= 4 is 33.0 Å². The molecule has 1 aromatic heterocycles. The van der Waals surface area contributed by atoms with E-state index in [4.69, 9.17) is 10.2 Å². The van der Waals surface area contributed by atoms with Crippen LogP contribution >= 0.6 is 0 Å². The molecule has 2 aromatic carbocycles.